The Labute approximate surface area is 88.3 Å². The number of aliphatic hydroxyl groups is 2. The van der Waals surface area contributed by atoms with E-state index in [0.717, 1.165) is 25.7 Å². The van der Waals surface area contributed by atoms with Crippen LogP contribution in [0.25, 0.3) is 0 Å². The van der Waals surface area contributed by atoms with Crippen molar-refractivity contribution in [2.45, 2.75) is 77.4 Å². The molecule has 2 N–H and O–H groups in total. The second-order valence-corrected chi connectivity index (χ2v) is 4.40. The van der Waals surface area contributed by atoms with Crippen molar-refractivity contribution in [3.63, 3.8) is 0 Å². The maximum Gasteiger partial charge on any atom is 0.0512 e. The van der Waals surface area contributed by atoms with Gasteiger partial charge in [-0.15, -0.1) is 0 Å². The van der Waals surface area contributed by atoms with Crippen molar-refractivity contribution in [3.8, 4) is 0 Å². The number of rotatable bonds is 9. The molecule has 2 nitrogen and oxygen atoms in total. The lowest BCUT2D eigenvalue weighted by Gasteiger charge is -2.05. The summed E-state index contributed by atoms with van der Waals surface area (Å²) in [6.45, 7) is 3.70. The van der Waals surface area contributed by atoms with Gasteiger partial charge in [0, 0.05) is 0 Å². The van der Waals surface area contributed by atoms with Crippen LogP contribution in [0, 0.1) is 0 Å². The molecule has 0 aromatic heterocycles. The lowest BCUT2D eigenvalue weighted by molar-refractivity contribution is 0.178. The standard InChI is InChI=1S/C12H26O2/c1-11(13)9-7-5-3-4-6-8-10-12(2)14/h11-14H,3-10H2,1-2H3. The molecule has 0 spiro atoms. The average molecular weight is 202 g/mol. The summed E-state index contributed by atoms with van der Waals surface area (Å²) in [6.07, 6.45) is 8.91. The van der Waals surface area contributed by atoms with E-state index >= 15 is 0 Å². The van der Waals surface area contributed by atoms with Crippen LogP contribution < -0.4 is 0 Å². The molecular formula is C12H26O2. The van der Waals surface area contributed by atoms with Crippen LogP contribution in [0.2, 0.25) is 0 Å². The van der Waals surface area contributed by atoms with E-state index in [4.69, 9.17) is 10.2 Å². The summed E-state index contributed by atoms with van der Waals surface area (Å²) in [5.74, 6) is 0. The Morgan fingerprint density at radius 1 is 0.643 bits per heavy atom. The van der Waals surface area contributed by atoms with E-state index in [-0.39, 0.29) is 12.2 Å². The first-order valence-electron chi connectivity index (χ1n) is 5.99. The second kappa shape index (κ2) is 9.47. The molecule has 0 aliphatic carbocycles. The highest BCUT2D eigenvalue weighted by molar-refractivity contribution is 4.51. The number of hydrogen-bond donors (Lipinski definition) is 2. The Kier molecular flexibility index (Phi) is 9.42. The van der Waals surface area contributed by atoms with Crippen molar-refractivity contribution in [1.29, 1.82) is 0 Å². The first kappa shape index (κ1) is 13.9. The van der Waals surface area contributed by atoms with Gasteiger partial charge in [-0.05, 0) is 26.7 Å². The van der Waals surface area contributed by atoms with Gasteiger partial charge < -0.3 is 10.2 Å². The van der Waals surface area contributed by atoms with Crippen molar-refractivity contribution in [3.05, 3.63) is 0 Å². The van der Waals surface area contributed by atoms with Crippen LogP contribution in [0.4, 0.5) is 0 Å². The monoisotopic (exact) mass is 202 g/mol. The molecule has 0 rings (SSSR count). The molecular weight excluding hydrogens is 176 g/mol. The van der Waals surface area contributed by atoms with Crippen LogP contribution in [-0.4, -0.2) is 22.4 Å². The lowest BCUT2D eigenvalue weighted by Crippen LogP contribution is -1.99. The summed E-state index contributed by atoms with van der Waals surface area (Å²) in [6, 6.07) is 0. The third-order valence-corrected chi connectivity index (χ3v) is 2.49. The van der Waals surface area contributed by atoms with Gasteiger partial charge >= 0.3 is 0 Å². The lowest BCUT2D eigenvalue weighted by atomic mass is 10.1. The van der Waals surface area contributed by atoms with Gasteiger partial charge in [-0.3, -0.25) is 0 Å². The van der Waals surface area contributed by atoms with E-state index < -0.39 is 0 Å². The molecule has 14 heavy (non-hydrogen) atoms. The highest BCUT2D eigenvalue weighted by Gasteiger charge is 1.97. The summed E-state index contributed by atoms with van der Waals surface area (Å²) in [4.78, 5) is 0. The summed E-state index contributed by atoms with van der Waals surface area (Å²) < 4.78 is 0. The molecule has 2 heteroatoms. The minimum Gasteiger partial charge on any atom is -0.393 e. The summed E-state index contributed by atoms with van der Waals surface area (Å²) in [7, 11) is 0. The normalized spacial score (nSPS) is 15.4. The summed E-state index contributed by atoms with van der Waals surface area (Å²) in [5, 5.41) is 18.1. The molecule has 2 atom stereocenters. The molecule has 0 aliphatic heterocycles. The fourth-order valence-electron chi connectivity index (χ4n) is 1.59. The van der Waals surface area contributed by atoms with Gasteiger partial charge in [0.15, 0.2) is 0 Å². The van der Waals surface area contributed by atoms with E-state index in [9.17, 15) is 0 Å². The maximum absolute atomic E-state index is 9.03. The molecule has 0 radical (unpaired) electrons. The van der Waals surface area contributed by atoms with Crippen molar-refractivity contribution < 1.29 is 10.2 Å². The zero-order valence-electron chi connectivity index (χ0n) is 9.71. The quantitative estimate of drug-likeness (QED) is 0.564. The molecule has 0 aromatic carbocycles. The van der Waals surface area contributed by atoms with Crippen LogP contribution in [-0.2, 0) is 0 Å². The molecule has 0 aliphatic rings. The van der Waals surface area contributed by atoms with Gasteiger partial charge in [0.05, 0.1) is 12.2 Å². The Bertz CT molecular complexity index is 96.9. The van der Waals surface area contributed by atoms with Gasteiger partial charge in [-0.2, -0.15) is 0 Å². The van der Waals surface area contributed by atoms with Crippen LogP contribution >= 0.6 is 0 Å². The third-order valence-electron chi connectivity index (χ3n) is 2.49. The Balaban J connectivity index is 2.92. The van der Waals surface area contributed by atoms with Crippen molar-refractivity contribution >= 4 is 0 Å². The van der Waals surface area contributed by atoms with E-state index in [1.165, 1.54) is 25.7 Å². The number of unbranched alkanes of at least 4 members (excludes halogenated alkanes) is 5. The second-order valence-electron chi connectivity index (χ2n) is 4.40. The highest BCUT2D eigenvalue weighted by atomic mass is 16.3. The van der Waals surface area contributed by atoms with E-state index in [0.29, 0.717) is 0 Å². The smallest absolute Gasteiger partial charge is 0.0512 e. The van der Waals surface area contributed by atoms with Crippen molar-refractivity contribution in [1.82, 2.24) is 0 Å². The summed E-state index contributed by atoms with van der Waals surface area (Å²) in [5.41, 5.74) is 0. The number of aliphatic hydroxyl groups excluding tert-OH is 2. The maximum atomic E-state index is 9.03. The van der Waals surface area contributed by atoms with Crippen LogP contribution in [0.5, 0.6) is 0 Å². The van der Waals surface area contributed by atoms with Gasteiger partial charge in [-0.1, -0.05) is 38.5 Å². The Hall–Kier alpha value is -0.0800. The average Bonchev–Trinajstić information content (AvgIpc) is 2.08. The third kappa shape index (κ3) is 11.9. The zero-order chi connectivity index (χ0) is 10.8. The molecule has 0 bridgehead atoms. The van der Waals surface area contributed by atoms with Crippen LogP contribution in [0.1, 0.15) is 65.2 Å². The van der Waals surface area contributed by atoms with E-state index in [2.05, 4.69) is 0 Å². The molecule has 86 valence electrons. The molecule has 0 heterocycles. The molecule has 0 saturated heterocycles. The van der Waals surface area contributed by atoms with Crippen molar-refractivity contribution in [2.24, 2.45) is 0 Å². The largest absolute Gasteiger partial charge is 0.393 e. The van der Waals surface area contributed by atoms with E-state index in [1.807, 2.05) is 13.8 Å². The Morgan fingerprint density at radius 2 is 0.929 bits per heavy atom. The van der Waals surface area contributed by atoms with Crippen LogP contribution in [0.15, 0.2) is 0 Å². The minimum absolute atomic E-state index is 0.134. The fraction of sp³-hybridized carbons (Fsp3) is 1.00. The van der Waals surface area contributed by atoms with Crippen LogP contribution in [0.3, 0.4) is 0 Å². The fourth-order valence-corrected chi connectivity index (χ4v) is 1.59. The zero-order valence-corrected chi connectivity index (χ0v) is 9.71. The number of hydrogen-bond acceptors (Lipinski definition) is 2. The van der Waals surface area contributed by atoms with E-state index in [1.54, 1.807) is 0 Å². The molecule has 0 fully saturated rings. The first-order valence-corrected chi connectivity index (χ1v) is 5.99. The molecule has 0 aromatic rings. The van der Waals surface area contributed by atoms with Gasteiger partial charge in [0.1, 0.15) is 0 Å². The molecule has 0 saturated carbocycles. The first-order chi connectivity index (χ1) is 6.63. The minimum atomic E-state index is -0.134. The summed E-state index contributed by atoms with van der Waals surface area (Å²) >= 11 is 0. The predicted octanol–water partition coefficient (Wildman–Crippen LogP) is 2.87. The predicted molar refractivity (Wildman–Crippen MR) is 60.3 cm³/mol. The van der Waals surface area contributed by atoms with Gasteiger partial charge in [0.25, 0.3) is 0 Å². The Morgan fingerprint density at radius 3 is 1.21 bits per heavy atom. The van der Waals surface area contributed by atoms with Gasteiger partial charge in [-0.25, -0.2) is 0 Å². The molecule has 2 unspecified atom stereocenters. The molecule has 0 amide bonds. The highest BCUT2D eigenvalue weighted by Crippen LogP contribution is 2.10. The topological polar surface area (TPSA) is 40.5 Å². The van der Waals surface area contributed by atoms with Gasteiger partial charge in [0.2, 0.25) is 0 Å². The van der Waals surface area contributed by atoms with Crippen molar-refractivity contribution in [2.75, 3.05) is 0 Å². The SMILES string of the molecule is CC(O)CCCCCCCCC(C)O.